The Hall–Kier alpha value is -1.44. The van der Waals surface area contributed by atoms with Gasteiger partial charge in [-0.2, -0.15) is 9.79 Å². The fraction of sp³-hybridized carbons (Fsp3) is 0. The Bertz CT molecular complexity index is 437. The normalized spacial score (nSPS) is 9.89. The van der Waals surface area contributed by atoms with Crippen LogP contribution in [0.15, 0.2) is 48.5 Å². The van der Waals surface area contributed by atoms with Gasteiger partial charge in [-0.3, -0.25) is 0 Å². The highest BCUT2D eigenvalue weighted by atomic mass is 31.1. The van der Waals surface area contributed by atoms with Crippen LogP contribution in [-0.2, 0) is 9.13 Å². The maximum atomic E-state index is 8.51. The summed E-state index contributed by atoms with van der Waals surface area (Å²) < 4.78 is 17.0. The first kappa shape index (κ1) is 14.6. The molecule has 2 aromatic carbocycles. The van der Waals surface area contributed by atoms with E-state index in [2.05, 4.69) is 48.5 Å². The van der Waals surface area contributed by atoms with E-state index in [1.807, 2.05) is 0 Å². The average Bonchev–Trinajstić information content (AvgIpc) is 2.38. The largest absolute Gasteiger partial charge is 0.491 e. The standard InChI is InChI=1S/C12H8.2HO2P/c1-2-6-10-9(5-1)11-7-3-4-8-12(10)11;2*1-3-2/h1-8H;2*3H/p+2. The van der Waals surface area contributed by atoms with Gasteiger partial charge in [0.15, 0.2) is 0 Å². The number of benzene rings is 2. The van der Waals surface area contributed by atoms with E-state index in [-0.39, 0.29) is 0 Å². The Morgan fingerprint density at radius 3 is 0.944 bits per heavy atom. The Labute approximate surface area is 107 Å². The second-order valence-electron chi connectivity index (χ2n) is 3.27. The molecule has 0 heterocycles. The van der Waals surface area contributed by atoms with Crippen LogP contribution in [0.4, 0.5) is 0 Å². The van der Waals surface area contributed by atoms with Crippen molar-refractivity contribution < 1.29 is 18.9 Å². The Morgan fingerprint density at radius 1 is 0.611 bits per heavy atom. The lowest BCUT2D eigenvalue weighted by atomic mass is 9.81. The smallest absolute Gasteiger partial charge is 0.162 e. The van der Waals surface area contributed by atoms with Crippen LogP contribution in [-0.4, -0.2) is 9.79 Å². The van der Waals surface area contributed by atoms with Gasteiger partial charge in [0.1, 0.15) is 0 Å². The van der Waals surface area contributed by atoms with Crippen LogP contribution in [0.5, 0.6) is 0 Å². The molecule has 0 radical (unpaired) electrons. The molecule has 92 valence electrons. The molecule has 3 rings (SSSR count). The fourth-order valence-electron chi connectivity index (χ4n) is 1.84. The molecule has 2 aromatic rings. The van der Waals surface area contributed by atoms with E-state index in [1.54, 1.807) is 0 Å². The average molecular weight is 282 g/mol. The highest BCUT2D eigenvalue weighted by Gasteiger charge is 2.19. The lowest BCUT2D eigenvalue weighted by Gasteiger charge is -2.22. The van der Waals surface area contributed by atoms with Gasteiger partial charge >= 0.3 is 17.4 Å². The molecule has 2 N–H and O–H groups in total. The third-order valence-electron chi connectivity index (χ3n) is 2.43. The van der Waals surface area contributed by atoms with Gasteiger partial charge in [-0.25, -0.2) is 0 Å². The number of hydrogen-bond donors (Lipinski definition) is 2. The van der Waals surface area contributed by atoms with Crippen LogP contribution in [0.25, 0.3) is 22.3 Å². The van der Waals surface area contributed by atoms with Gasteiger partial charge in [-0.1, -0.05) is 48.5 Å². The molecule has 0 bridgehead atoms. The molecule has 0 fully saturated rings. The summed E-state index contributed by atoms with van der Waals surface area (Å²) in [5, 5.41) is 0. The molecule has 0 amide bonds. The van der Waals surface area contributed by atoms with Crippen LogP contribution in [0.2, 0.25) is 0 Å². The highest BCUT2D eigenvalue weighted by molar-refractivity contribution is 7.16. The maximum Gasteiger partial charge on any atom is 0.491 e. The predicted molar refractivity (Wildman–Crippen MR) is 73.3 cm³/mol. The van der Waals surface area contributed by atoms with Gasteiger partial charge in [-0.05, 0) is 31.4 Å². The fourth-order valence-corrected chi connectivity index (χ4v) is 1.84. The van der Waals surface area contributed by atoms with Crippen molar-refractivity contribution in [3.05, 3.63) is 48.5 Å². The van der Waals surface area contributed by atoms with Gasteiger partial charge < -0.3 is 0 Å². The summed E-state index contributed by atoms with van der Waals surface area (Å²) in [5.74, 6) is 0. The van der Waals surface area contributed by atoms with Gasteiger partial charge in [0.2, 0.25) is 0 Å². The summed E-state index contributed by atoms with van der Waals surface area (Å²) in [6, 6.07) is 17.1. The molecule has 0 spiro atoms. The zero-order valence-corrected chi connectivity index (χ0v) is 11.3. The van der Waals surface area contributed by atoms with Crippen molar-refractivity contribution in [2.24, 2.45) is 0 Å². The second kappa shape index (κ2) is 7.80. The van der Waals surface area contributed by atoms with Gasteiger partial charge in [0.05, 0.1) is 0 Å². The van der Waals surface area contributed by atoms with Crippen LogP contribution in [0.3, 0.4) is 0 Å². The number of rotatable bonds is 0. The van der Waals surface area contributed by atoms with E-state index in [1.165, 1.54) is 22.3 Å². The summed E-state index contributed by atoms with van der Waals surface area (Å²) in [6.07, 6.45) is 0. The molecule has 1 aliphatic rings. The summed E-state index contributed by atoms with van der Waals surface area (Å²) >= 11 is 0. The van der Waals surface area contributed by atoms with E-state index < -0.39 is 17.4 Å². The van der Waals surface area contributed by atoms with E-state index in [4.69, 9.17) is 18.9 Å². The van der Waals surface area contributed by atoms with Crippen LogP contribution in [0, 0.1) is 0 Å². The van der Waals surface area contributed by atoms with Crippen molar-refractivity contribution in [1.29, 1.82) is 0 Å². The van der Waals surface area contributed by atoms with Crippen molar-refractivity contribution in [3.8, 4) is 22.3 Å². The van der Waals surface area contributed by atoms with Gasteiger partial charge in [0.25, 0.3) is 0 Å². The van der Waals surface area contributed by atoms with E-state index in [9.17, 15) is 0 Å². The van der Waals surface area contributed by atoms with E-state index >= 15 is 0 Å². The molecule has 2 atom stereocenters. The predicted octanol–water partition coefficient (Wildman–Crippen LogP) is 3.17. The molecule has 6 heteroatoms. The molecule has 18 heavy (non-hydrogen) atoms. The zero-order chi connectivity index (χ0) is 13.4. The van der Waals surface area contributed by atoms with Gasteiger partial charge in [-0.15, -0.1) is 0 Å². The first-order valence-electron chi connectivity index (χ1n) is 5.01. The minimum atomic E-state index is -1.17. The summed E-state index contributed by atoms with van der Waals surface area (Å²) in [6.45, 7) is 0. The highest BCUT2D eigenvalue weighted by Crippen LogP contribution is 2.46. The number of hydrogen-bond acceptors (Lipinski definition) is 2. The van der Waals surface area contributed by atoms with E-state index in [0.717, 1.165) is 0 Å². The SMILES string of the molecule is O=[PH+]O.O=[PH+]O.c1ccc2c(c1)-c1ccccc1-2. The maximum absolute atomic E-state index is 8.51. The van der Waals surface area contributed by atoms with Crippen molar-refractivity contribution in [1.82, 2.24) is 0 Å². The molecular formula is C12H12O4P2+2. The first-order valence-corrected chi connectivity index (χ1v) is 6.72. The molecular weight excluding hydrogens is 270 g/mol. The minimum absolute atomic E-state index is 1.17. The van der Waals surface area contributed by atoms with Crippen molar-refractivity contribution in [3.63, 3.8) is 0 Å². The molecule has 0 aliphatic heterocycles. The van der Waals surface area contributed by atoms with Crippen LogP contribution in [0.1, 0.15) is 0 Å². The zero-order valence-electron chi connectivity index (χ0n) is 9.33. The first-order chi connectivity index (χ1) is 8.79. The van der Waals surface area contributed by atoms with E-state index in [0.29, 0.717) is 0 Å². The lowest BCUT2D eigenvalue weighted by molar-refractivity contribution is 0.523. The molecule has 0 saturated carbocycles. The quantitative estimate of drug-likeness (QED) is 0.621. The lowest BCUT2D eigenvalue weighted by Crippen LogP contribution is -1.96. The molecule has 2 unspecified atom stereocenters. The van der Waals surface area contributed by atoms with Crippen molar-refractivity contribution in [2.75, 3.05) is 0 Å². The Balaban J connectivity index is 0.000000234. The van der Waals surface area contributed by atoms with Gasteiger partial charge in [0, 0.05) is 0 Å². The summed E-state index contributed by atoms with van der Waals surface area (Å²) in [4.78, 5) is 14.1. The third-order valence-corrected chi connectivity index (χ3v) is 2.43. The van der Waals surface area contributed by atoms with Crippen molar-refractivity contribution in [2.45, 2.75) is 0 Å². The minimum Gasteiger partial charge on any atom is -0.162 e. The van der Waals surface area contributed by atoms with Crippen LogP contribution >= 0.6 is 17.4 Å². The summed E-state index contributed by atoms with van der Waals surface area (Å²) in [7, 11) is -2.33. The Kier molecular flexibility index (Phi) is 6.34. The topological polar surface area (TPSA) is 74.6 Å². The molecule has 0 saturated heterocycles. The second-order valence-corrected chi connectivity index (χ2v) is 3.64. The van der Waals surface area contributed by atoms with Crippen molar-refractivity contribution >= 4 is 17.4 Å². The molecule has 1 aliphatic carbocycles. The molecule has 0 aromatic heterocycles. The van der Waals surface area contributed by atoms with Crippen LogP contribution < -0.4 is 0 Å². The Morgan fingerprint density at radius 2 is 0.778 bits per heavy atom. The molecule has 4 nitrogen and oxygen atoms in total. The number of fused-ring (bicyclic) bond motifs is 4. The summed E-state index contributed by atoms with van der Waals surface area (Å²) in [5.41, 5.74) is 5.59. The third kappa shape index (κ3) is 3.28. The monoisotopic (exact) mass is 282 g/mol.